The van der Waals surface area contributed by atoms with Gasteiger partial charge >= 0.3 is 0 Å². The predicted octanol–water partition coefficient (Wildman–Crippen LogP) is 2.43. The lowest BCUT2D eigenvalue weighted by Gasteiger charge is -2.38. The summed E-state index contributed by atoms with van der Waals surface area (Å²) in [6, 6.07) is 0. The van der Waals surface area contributed by atoms with Crippen LogP contribution in [0.1, 0.15) is 46.0 Å². The Labute approximate surface area is 141 Å². The van der Waals surface area contributed by atoms with E-state index in [0.29, 0.717) is 11.4 Å². The van der Waals surface area contributed by atoms with Gasteiger partial charge in [-0.1, -0.05) is 20.3 Å². The number of nitrogens with zero attached hydrogens (tertiary/aromatic N) is 2. The van der Waals surface area contributed by atoms with E-state index >= 15 is 0 Å². The van der Waals surface area contributed by atoms with Crippen LogP contribution in [0.2, 0.25) is 0 Å². The first-order valence-corrected chi connectivity index (χ1v) is 7.81. The van der Waals surface area contributed by atoms with E-state index in [1.807, 2.05) is 0 Å². The highest BCUT2D eigenvalue weighted by Crippen LogP contribution is 2.28. The van der Waals surface area contributed by atoms with E-state index in [-0.39, 0.29) is 24.0 Å². The van der Waals surface area contributed by atoms with Gasteiger partial charge in [-0.3, -0.25) is 4.99 Å². The van der Waals surface area contributed by atoms with Crippen LogP contribution in [0, 0.1) is 11.3 Å². The Bertz CT molecular complexity index is 313. The van der Waals surface area contributed by atoms with Crippen molar-refractivity contribution in [1.82, 2.24) is 10.2 Å². The van der Waals surface area contributed by atoms with Crippen molar-refractivity contribution in [3.05, 3.63) is 0 Å². The SMILES string of the molecule is CC1(C)CCCN(CCNC(N)=NCC2CCC2)C1.I. The lowest BCUT2D eigenvalue weighted by molar-refractivity contribution is 0.120. The number of likely N-dealkylation sites (tertiary alicyclic amines) is 1. The molecule has 1 heterocycles. The Kier molecular flexibility index (Phi) is 7.58. The van der Waals surface area contributed by atoms with Crippen molar-refractivity contribution in [2.45, 2.75) is 46.0 Å². The lowest BCUT2D eigenvalue weighted by atomic mass is 9.84. The van der Waals surface area contributed by atoms with Crippen molar-refractivity contribution in [3.8, 4) is 0 Å². The maximum atomic E-state index is 5.89. The second-order valence-electron chi connectivity index (χ2n) is 6.99. The third-order valence-corrected chi connectivity index (χ3v) is 4.46. The number of nitrogens with one attached hydrogen (secondary N) is 1. The monoisotopic (exact) mass is 394 g/mol. The molecule has 2 rings (SSSR count). The van der Waals surface area contributed by atoms with Crippen molar-refractivity contribution in [1.29, 1.82) is 0 Å². The topological polar surface area (TPSA) is 53.6 Å². The molecule has 0 amide bonds. The Morgan fingerprint density at radius 3 is 2.70 bits per heavy atom. The van der Waals surface area contributed by atoms with E-state index in [4.69, 9.17) is 5.73 Å². The first kappa shape index (κ1) is 18.0. The molecular formula is C15H31IN4. The number of hydrogen-bond donors (Lipinski definition) is 2. The van der Waals surface area contributed by atoms with Gasteiger partial charge in [0, 0.05) is 26.2 Å². The average Bonchev–Trinajstić information content (AvgIpc) is 2.25. The molecule has 3 N–H and O–H groups in total. The molecule has 5 heteroatoms. The number of piperidine rings is 1. The predicted molar refractivity (Wildman–Crippen MR) is 96.7 cm³/mol. The Hall–Kier alpha value is -0.0400. The zero-order chi connectivity index (χ0) is 13.7. The minimum Gasteiger partial charge on any atom is -0.370 e. The molecule has 1 aliphatic heterocycles. The summed E-state index contributed by atoms with van der Waals surface area (Å²) >= 11 is 0. The highest BCUT2D eigenvalue weighted by atomic mass is 127. The van der Waals surface area contributed by atoms with Gasteiger partial charge < -0.3 is 16.0 Å². The largest absolute Gasteiger partial charge is 0.370 e. The maximum Gasteiger partial charge on any atom is 0.188 e. The molecule has 1 aliphatic carbocycles. The van der Waals surface area contributed by atoms with Crippen LogP contribution in [-0.4, -0.2) is 43.6 Å². The Balaban J connectivity index is 0.00000200. The van der Waals surface area contributed by atoms with Gasteiger partial charge in [0.25, 0.3) is 0 Å². The fourth-order valence-electron chi connectivity index (χ4n) is 3.04. The molecule has 2 aliphatic rings. The van der Waals surface area contributed by atoms with E-state index in [0.717, 1.165) is 25.6 Å². The molecule has 0 spiro atoms. The Morgan fingerprint density at radius 1 is 1.35 bits per heavy atom. The summed E-state index contributed by atoms with van der Waals surface area (Å²) in [5.41, 5.74) is 6.36. The zero-order valence-corrected chi connectivity index (χ0v) is 15.4. The number of aliphatic imine (C=N–C) groups is 1. The molecule has 0 bridgehead atoms. The van der Waals surface area contributed by atoms with Crippen molar-refractivity contribution in [2.75, 3.05) is 32.7 Å². The van der Waals surface area contributed by atoms with Gasteiger partial charge in [-0.25, -0.2) is 0 Å². The minimum atomic E-state index is 0. The maximum absolute atomic E-state index is 5.89. The second-order valence-corrected chi connectivity index (χ2v) is 6.99. The smallest absolute Gasteiger partial charge is 0.188 e. The van der Waals surface area contributed by atoms with E-state index in [9.17, 15) is 0 Å². The highest BCUT2D eigenvalue weighted by Gasteiger charge is 2.25. The van der Waals surface area contributed by atoms with Crippen LogP contribution in [0.25, 0.3) is 0 Å². The van der Waals surface area contributed by atoms with Gasteiger partial charge in [0.15, 0.2) is 5.96 Å². The van der Waals surface area contributed by atoms with Crippen LogP contribution in [0.3, 0.4) is 0 Å². The summed E-state index contributed by atoms with van der Waals surface area (Å²) < 4.78 is 0. The molecule has 1 saturated heterocycles. The fraction of sp³-hybridized carbons (Fsp3) is 0.933. The van der Waals surface area contributed by atoms with Crippen LogP contribution in [0.4, 0.5) is 0 Å². The van der Waals surface area contributed by atoms with Gasteiger partial charge in [-0.15, -0.1) is 24.0 Å². The summed E-state index contributed by atoms with van der Waals surface area (Å²) in [5.74, 6) is 1.42. The summed E-state index contributed by atoms with van der Waals surface area (Å²) in [6.07, 6.45) is 6.71. The molecule has 118 valence electrons. The van der Waals surface area contributed by atoms with Gasteiger partial charge in [-0.05, 0) is 43.6 Å². The summed E-state index contributed by atoms with van der Waals surface area (Å²) in [5, 5.41) is 3.25. The van der Waals surface area contributed by atoms with Crippen molar-refractivity contribution in [2.24, 2.45) is 22.1 Å². The number of nitrogens with two attached hydrogens (primary N) is 1. The quantitative estimate of drug-likeness (QED) is 0.428. The first-order valence-electron chi connectivity index (χ1n) is 7.81. The molecular weight excluding hydrogens is 363 g/mol. The molecule has 2 fully saturated rings. The fourth-order valence-corrected chi connectivity index (χ4v) is 3.04. The van der Waals surface area contributed by atoms with Gasteiger partial charge in [-0.2, -0.15) is 0 Å². The van der Waals surface area contributed by atoms with Gasteiger partial charge in [0.2, 0.25) is 0 Å². The summed E-state index contributed by atoms with van der Waals surface area (Å²) in [7, 11) is 0. The van der Waals surface area contributed by atoms with Gasteiger partial charge in [0.05, 0.1) is 0 Å². The molecule has 0 radical (unpaired) electrons. The first-order chi connectivity index (χ1) is 9.05. The molecule has 0 aromatic carbocycles. The van der Waals surface area contributed by atoms with Crippen molar-refractivity contribution < 1.29 is 0 Å². The van der Waals surface area contributed by atoms with Crippen LogP contribution < -0.4 is 11.1 Å². The summed E-state index contributed by atoms with van der Waals surface area (Å²) in [6.45, 7) is 10.1. The molecule has 4 nitrogen and oxygen atoms in total. The lowest BCUT2D eigenvalue weighted by Crippen LogP contribution is -2.44. The zero-order valence-electron chi connectivity index (χ0n) is 13.0. The molecule has 0 aromatic rings. The average molecular weight is 394 g/mol. The van der Waals surface area contributed by atoms with E-state index in [2.05, 4.69) is 29.1 Å². The van der Waals surface area contributed by atoms with Gasteiger partial charge in [0.1, 0.15) is 0 Å². The second kappa shape index (κ2) is 8.41. The number of hydrogen-bond acceptors (Lipinski definition) is 2. The van der Waals surface area contributed by atoms with E-state index in [1.54, 1.807) is 0 Å². The molecule has 1 saturated carbocycles. The molecule has 0 atom stereocenters. The van der Waals surface area contributed by atoms with Crippen LogP contribution in [0.15, 0.2) is 4.99 Å². The van der Waals surface area contributed by atoms with E-state index < -0.39 is 0 Å². The number of rotatable bonds is 5. The summed E-state index contributed by atoms with van der Waals surface area (Å²) in [4.78, 5) is 6.96. The van der Waals surface area contributed by atoms with Crippen LogP contribution in [-0.2, 0) is 0 Å². The third kappa shape index (κ3) is 6.16. The third-order valence-electron chi connectivity index (χ3n) is 4.46. The highest BCUT2D eigenvalue weighted by molar-refractivity contribution is 14.0. The number of halogens is 1. The number of guanidine groups is 1. The molecule has 20 heavy (non-hydrogen) atoms. The molecule has 0 unspecified atom stereocenters. The van der Waals surface area contributed by atoms with Crippen molar-refractivity contribution in [3.63, 3.8) is 0 Å². The van der Waals surface area contributed by atoms with Crippen molar-refractivity contribution >= 4 is 29.9 Å². The van der Waals surface area contributed by atoms with Crippen LogP contribution >= 0.6 is 24.0 Å². The van der Waals surface area contributed by atoms with Crippen LogP contribution in [0.5, 0.6) is 0 Å². The Morgan fingerprint density at radius 2 is 2.10 bits per heavy atom. The molecule has 0 aromatic heterocycles. The minimum absolute atomic E-state index is 0. The van der Waals surface area contributed by atoms with E-state index in [1.165, 1.54) is 45.2 Å². The standard InChI is InChI=1S/C15H30N4.HI/c1-15(2)7-4-9-19(12-15)10-8-17-14(16)18-11-13-5-3-6-13;/h13H,3-12H2,1-2H3,(H3,16,17,18);1H. The normalized spacial score (nSPS) is 23.8.